The van der Waals surface area contributed by atoms with Gasteiger partial charge in [0.2, 0.25) is 11.8 Å². The molecule has 0 aromatic heterocycles. The summed E-state index contributed by atoms with van der Waals surface area (Å²) < 4.78 is 12.6. The predicted octanol–water partition coefficient (Wildman–Crippen LogP) is 1.16. The number of carbonyl (C=O) groups excluding carboxylic acids is 3. The Hall–Kier alpha value is -2.04. The number of benzene rings is 1. The van der Waals surface area contributed by atoms with E-state index in [9.17, 15) is 18.8 Å². The summed E-state index contributed by atoms with van der Waals surface area (Å²) in [5, 5.41) is 0. The van der Waals surface area contributed by atoms with Crippen LogP contribution in [0.5, 0.6) is 0 Å². The average molecular weight is 235 g/mol. The van der Waals surface area contributed by atoms with Crippen LogP contribution in [0.4, 0.5) is 4.39 Å². The Balaban J connectivity index is 2.09. The Kier molecular flexibility index (Phi) is 2.99. The van der Waals surface area contributed by atoms with Crippen LogP contribution >= 0.6 is 0 Å². The first kappa shape index (κ1) is 11.4. The van der Waals surface area contributed by atoms with E-state index in [2.05, 4.69) is 0 Å². The zero-order valence-corrected chi connectivity index (χ0v) is 8.98. The lowest BCUT2D eigenvalue weighted by molar-refractivity contribution is -0.137. The number of Topliss-reactive ketones (excluding diaryl/α,β-unsaturated/α-hetero) is 1. The third-order valence-corrected chi connectivity index (χ3v) is 2.62. The van der Waals surface area contributed by atoms with E-state index in [0.29, 0.717) is 5.56 Å². The molecule has 0 spiro atoms. The van der Waals surface area contributed by atoms with Crippen molar-refractivity contribution in [1.82, 2.24) is 4.90 Å². The van der Waals surface area contributed by atoms with Gasteiger partial charge < -0.3 is 0 Å². The van der Waals surface area contributed by atoms with Gasteiger partial charge in [-0.25, -0.2) is 4.39 Å². The smallest absolute Gasteiger partial charge is 0.230 e. The molecule has 1 saturated heterocycles. The van der Waals surface area contributed by atoms with Crippen LogP contribution in [0.3, 0.4) is 0 Å². The molecular weight excluding hydrogens is 225 g/mol. The number of amides is 2. The lowest BCUT2D eigenvalue weighted by atomic mass is 10.1. The van der Waals surface area contributed by atoms with Crippen LogP contribution in [0.1, 0.15) is 23.2 Å². The SMILES string of the molecule is O=C(CN1C(=O)CCC1=O)c1ccc(F)cc1. The fourth-order valence-corrected chi connectivity index (χ4v) is 1.67. The van der Waals surface area contributed by atoms with Gasteiger partial charge in [0.15, 0.2) is 5.78 Å². The second kappa shape index (κ2) is 4.45. The van der Waals surface area contributed by atoms with Gasteiger partial charge in [-0.15, -0.1) is 0 Å². The summed E-state index contributed by atoms with van der Waals surface area (Å²) in [5.74, 6) is -1.46. The van der Waals surface area contributed by atoms with Gasteiger partial charge in [0, 0.05) is 18.4 Å². The number of carbonyl (C=O) groups is 3. The second-order valence-corrected chi connectivity index (χ2v) is 3.80. The highest BCUT2D eigenvalue weighted by molar-refractivity contribution is 6.07. The third-order valence-electron chi connectivity index (χ3n) is 2.62. The topological polar surface area (TPSA) is 54.5 Å². The average Bonchev–Trinajstić information content (AvgIpc) is 2.61. The molecule has 1 aliphatic rings. The Morgan fingerprint density at radius 1 is 1.12 bits per heavy atom. The summed E-state index contributed by atoms with van der Waals surface area (Å²) in [4.78, 5) is 35.3. The van der Waals surface area contributed by atoms with E-state index in [1.54, 1.807) is 0 Å². The van der Waals surface area contributed by atoms with Gasteiger partial charge in [-0.1, -0.05) is 0 Å². The van der Waals surface area contributed by atoms with Crippen molar-refractivity contribution in [2.75, 3.05) is 6.54 Å². The molecule has 0 N–H and O–H groups in total. The van der Waals surface area contributed by atoms with E-state index in [1.807, 2.05) is 0 Å². The minimum absolute atomic E-state index is 0.162. The molecule has 17 heavy (non-hydrogen) atoms. The molecule has 1 heterocycles. The van der Waals surface area contributed by atoms with Gasteiger partial charge >= 0.3 is 0 Å². The number of halogens is 1. The van der Waals surface area contributed by atoms with Crippen LogP contribution < -0.4 is 0 Å². The van der Waals surface area contributed by atoms with Crippen molar-refractivity contribution < 1.29 is 18.8 Å². The van der Waals surface area contributed by atoms with Crippen LogP contribution in [0.2, 0.25) is 0 Å². The van der Waals surface area contributed by atoms with Crippen LogP contribution in [0, 0.1) is 5.82 Å². The number of imide groups is 1. The highest BCUT2D eigenvalue weighted by Gasteiger charge is 2.30. The lowest BCUT2D eigenvalue weighted by Crippen LogP contribution is -2.34. The first-order chi connectivity index (χ1) is 8.08. The number of hydrogen-bond donors (Lipinski definition) is 0. The lowest BCUT2D eigenvalue weighted by Gasteiger charge is -2.12. The number of ketones is 1. The highest BCUT2D eigenvalue weighted by atomic mass is 19.1. The van der Waals surface area contributed by atoms with Gasteiger partial charge in [0.25, 0.3) is 0 Å². The van der Waals surface area contributed by atoms with E-state index < -0.39 is 5.82 Å². The Morgan fingerprint density at radius 2 is 1.65 bits per heavy atom. The second-order valence-electron chi connectivity index (χ2n) is 3.80. The fourth-order valence-electron chi connectivity index (χ4n) is 1.67. The molecule has 1 aromatic rings. The van der Waals surface area contributed by atoms with Crippen molar-refractivity contribution in [1.29, 1.82) is 0 Å². The van der Waals surface area contributed by atoms with Crippen molar-refractivity contribution in [3.05, 3.63) is 35.6 Å². The maximum Gasteiger partial charge on any atom is 0.230 e. The summed E-state index contributed by atoms with van der Waals surface area (Å²) in [6.07, 6.45) is 0.324. The van der Waals surface area contributed by atoms with E-state index >= 15 is 0 Å². The molecule has 0 radical (unpaired) electrons. The Morgan fingerprint density at radius 3 is 2.18 bits per heavy atom. The van der Waals surface area contributed by atoms with Gasteiger partial charge in [-0.05, 0) is 24.3 Å². The van der Waals surface area contributed by atoms with Crippen molar-refractivity contribution in [3.63, 3.8) is 0 Å². The van der Waals surface area contributed by atoms with Crippen molar-refractivity contribution in [2.24, 2.45) is 0 Å². The predicted molar refractivity (Wildman–Crippen MR) is 56.7 cm³/mol. The van der Waals surface area contributed by atoms with Crippen LogP contribution in [-0.2, 0) is 9.59 Å². The summed E-state index contributed by atoms with van der Waals surface area (Å²) >= 11 is 0. The van der Waals surface area contributed by atoms with Crippen molar-refractivity contribution in [2.45, 2.75) is 12.8 Å². The molecule has 0 atom stereocenters. The highest BCUT2D eigenvalue weighted by Crippen LogP contribution is 2.13. The third kappa shape index (κ3) is 2.38. The standard InChI is InChI=1S/C12H10FNO3/c13-9-3-1-8(2-4-9)10(15)7-14-11(16)5-6-12(14)17/h1-4H,5-7H2. The molecular formula is C12H10FNO3. The number of nitrogens with zero attached hydrogens (tertiary/aromatic N) is 1. The molecule has 2 rings (SSSR count). The summed E-state index contributed by atoms with van der Waals surface area (Å²) in [6, 6.07) is 5.01. The summed E-state index contributed by atoms with van der Waals surface area (Å²) in [5.41, 5.74) is 0.291. The molecule has 0 saturated carbocycles. The van der Waals surface area contributed by atoms with Gasteiger partial charge in [0.05, 0.1) is 6.54 Å². The molecule has 0 bridgehead atoms. The maximum atomic E-state index is 12.6. The van der Waals surface area contributed by atoms with Crippen molar-refractivity contribution >= 4 is 17.6 Å². The summed E-state index contributed by atoms with van der Waals surface area (Å²) in [6.45, 7) is -0.261. The largest absolute Gasteiger partial charge is 0.292 e. The molecule has 4 nitrogen and oxygen atoms in total. The van der Waals surface area contributed by atoms with Gasteiger partial charge in [-0.2, -0.15) is 0 Å². The van der Waals surface area contributed by atoms with E-state index in [4.69, 9.17) is 0 Å². The zero-order valence-electron chi connectivity index (χ0n) is 8.98. The van der Waals surface area contributed by atoms with Crippen molar-refractivity contribution in [3.8, 4) is 0 Å². The molecule has 0 unspecified atom stereocenters. The minimum atomic E-state index is -0.435. The Bertz CT molecular complexity index is 465. The van der Waals surface area contributed by atoms with E-state index in [0.717, 1.165) is 4.90 Å². The van der Waals surface area contributed by atoms with Crippen LogP contribution in [-0.4, -0.2) is 29.0 Å². The minimum Gasteiger partial charge on any atom is -0.292 e. The quantitative estimate of drug-likeness (QED) is 0.583. The molecule has 5 heteroatoms. The molecule has 1 fully saturated rings. The van der Waals surface area contributed by atoms with Crippen LogP contribution in [0.15, 0.2) is 24.3 Å². The first-order valence-corrected chi connectivity index (χ1v) is 5.20. The van der Waals surface area contributed by atoms with Crippen LogP contribution in [0.25, 0.3) is 0 Å². The molecule has 88 valence electrons. The maximum absolute atomic E-state index is 12.6. The molecule has 2 amide bonds. The normalized spacial score (nSPS) is 15.5. The monoisotopic (exact) mass is 235 g/mol. The van der Waals surface area contributed by atoms with Gasteiger partial charge in [0.1, 0.15) is 5.82 Å². The molecule has 1 aliphatic heterocycles. The number of hydrogen-bond acceptors (Lipinski definition) is 3. The van der Waals surface area contributed by atoms with Gasteiger partial charge in [-0.3, -0.25) is 19.3 Å². The van der Waals surface area contributed by atoms with E-state index in [-0.39, 0.29) is 37.0 Å². The number of rotatable bonds is 3. The summed E-state index contributed by atoms with van der Waals surface area (Å²) in [7, 11) is 0. The zero-order chi connectivity index (χ0) is 12.4. The Labute approximate surface area is 97.0 Å². The number of likely N-dealkylation sites (tertiary alicyclic amines) is 1. The molecule has 0 aliphatic carbocycles. The first-order valence-electron chi connectivity index (χ1n) is 5.20. The van der Waals surface area contributed by atoms with E-state index in [1.165, 1.54) is 24.3 Å². The fraction of sp³-hybridized carbons (Fsp3) is 0.250. The molecule has 1 aromatic carbocycles.